The molecule has 2 unspecified atom stereocenters. The van der Waals surface area contributed by atoms with Crippen LogP contribution in [0, 0.1) is 0 Å². The average molecular weight is 185 g/mol. The standard InChI is InChI=1S/C10H19NO2/c12-10(5-3-7-13-8-10)9-4-1-2-6-11-9/h9,11-12H,1-8H2. The van der Waals surface area contributed by atoms with E-state index in [1.54, 1.807) is 0 Å². The summed E-state index contributed by atoms with van der Waals surface area (Å²) in [5.74, 6) is 0. The molecule has 76 valence electrons. The molecule has 0 aromatic heterocycles. The van der Waals surface area contributed by atoms with Gasteiger partial charge in [0.05, 0.1) is 6.61 Å². The Morgan fingerprint density at radius 1 is 1.31 bits per heavy atom. The first-order valence-electron chi connectivity index (χ1n) is 5.35. The predicted octanol–water partition coefficient (Wildman–Crippen LogP) is 0.670. The average Bonchev–Trinajstić information content (AvgIpc) is 2.20. The Morgan fingerprint density at radius 2 is 2.23 bits per heavy atom. The molecular weight excluding hydrogens is 166 g/mol. The maximum absolute atomic E-state index is 10.3. The summed E-state index contributed by atoms with van der Waals surface area (Å²) in [6.07, 6.45) is 5.46. The van der Waals surface area contributed by atoms with Crippen LogP contribution in [0.2, 0.25) is 0 Å². The smallest absolute Gasteiger partial charge is 0.103 e. The Balaban J connectivity index is 1.94. The molecule has 2 heterocycles. The van der Waals surface area contributed by atoms with Crippen LogP contribution in [0.4, 0.5) is 0 Å². The van der Waals surface area contributed by atoms with Crippen molar-refractivity contribution in [2.24, 2.45) is 0 Å². The molecule has 2 rings (SSSR count). The van der Waals surface area contributed by atoms with Crippen LogP contribution in [-0.2, 0) is 4.74 Å². The Kier molecular flexibility index (Phi) is 2.86. The number of aliphatic hydroxyl groups is 1. The molecule has 2 atom stereocenters. The summed E-state index contributed by atoms with van der Waals surface area (Å²) >= 11 is 0. The molecule has 2 aliphatic rings. The van der Waals surface area contributed by atoms with Crippen LogP contribution in [0.25, 0.3) is 0 Å². The number of nitrogens with one attached hydrogen (secondary N) is 1. The van der Waals surface area contributed by atoms with Crippen molar-refractivity contribution >= 4 is 0 Å². The SMILES string of the molecule is OC1(C2CCCCN2)CCCOC1. The molecule has 2 fully saturated rings. The van der Waals surface area contributed by atoms with Crippen LogP contribution < -0.4 is 5.32 Å². The number of hydrogen-bond acceptors (Lipinski definition) is 3. The van der Waals surface area contributed by atoms with Crippen molar-refractivity contribution in [2.45, 2.75) is 43.7 Å². The van der Waals surface area contributed by atoms with Crippen molar-refractivity contribution in [1.82, 2.24) is 5.32 Å². The third-order valence-electron chi connectivity index (χ3n) is 3.21. The highest BCUT2D eigenvalue weighted by Gasteiger charge is 2.38. The van der Waals surface area contributed by atoms with Gasteiger partial charge in [0.2, 0.25) is 0 Å². The Morgan fingerprint density at radius 3 is 2.85 bits per heavy atom. The fourth-order valence-electron chi connectivity index (χ4n) is 2.39. The van der Waals surface area contributed by atoms with E-state index in [-0.39, 0.29) is 6.04 Å². The lowest BCUT2D eigenvalue weighted by atomic mass is 9.84. The van der Waals surface area contributed by atoms with Crippen LogP contribution in [0.5, 0.6) is 0 Å². The second-order valence-electron chi connectivity index (χ2n) is 4.26. The van der Waals surface area contributed by atoms with Gasteiger partial charge in [-0.1, -0.05) is 6.42 Å². The minimum absolute atomic E-state index is 0.265. The Bertz CT molecular complexity index is 160. The minimum atomic E-state index is -0.585. The molecule has 3 heteroatoms. The largest absolute Gasteiger partial charge is 0.386 e. The zero-order chi connectivity index (χ0) is 9.15. The fourth-order valence-corrected chi connectivity index (χ4v) is 2.39. The molecule has 2 saturated heterocycles. The van der Waals surface area contributed by atoms with E-state index >= 15 is 0 Å². The van der Waals surface area contributed by atoms with Crippen molar-refractivity contribution in [3.63, 3.8) is 0 Å². The summed E-state index contributed by atoms with van der Waals surface area (Å²) in [5, 5.41) is 13.7. The highest BCUT2D eigenvalue weighted by molar-refractivity contribution is 4.94. The van der Waals surface area contributed by atoms with Gasteiger partial charge in [-0.15, -0.1) is 0 Å². The van der Waals surface area contributed by atoms with E-state index < -0.39 is 5.60 Å². The zero-order valence-corrected chi connectivity index (χ0v) is 8.09. The first-order chi connectivity index (χ1) is 6.31. The molecule has 0 aromatic carbocycles. The predicted molar refractivity (Wildman–Crippen MR) is 50.6 cm³/mol. The number of rotatable bonds is 1. The third-order valence-corrected chi connectivity index (χ3v) is 3.21. The van der Waals surface area contributed by atoms with E-state index in [9.17, 15) is 5.11 Å². The lowest BCUT2D eigenvalue weighted by molar-refractivity contribution is -0.110. The zero-order valence-electron chi connectivity index (χ0n) is 8.09. The van der Waals surface area contributed by atoms with Crippen LogP contribution in [0.1, 0.15) is 32.1 Å². The van der Waals surface area contributed by atoms with E-state index in [0.717, 1.165) is 32.4 Å². The van der Waals surface area contributed by atoms with Gasteiger partial charge in [-0.25, -0.2) is 0 Å². The second kappa shape index (κ2) is 3.95. The van der Waals surface area contributed by atoms with E-state index in [1.807, 2.05) is 0 Å². The van der Waals surface area contributed by atoms with E-state index in [4.69, 9.17) is 4.74 Å². The molecule has 0 spiro atoms. The van der Waals surface area contributed by atoms with Gasteiger partial charge >= 0.3 is 0 Å². The van der Waals surface area contributed by atoms with Gasteiger partial charge in [-0.05, 0) is 32.2 Å². The van der Waals surface area contributed by atoms with Crippen molar-refractivity contribution in [3.8, 4) is 0 Å². The van der Waals surface area contributed by atoms with Gasteiger partial charge in [0.25, 0.3) is 0 Å². The minimum Gasteiger partial charge on any atom is -0.386 e. The monoisotopic (exact) mass is 185 g/mol. The van der Waals surface area contributed by atoms with Gasteiger partial charge in [0, 0.05) is 12.6 Å². The molecule has 0 saturated carbocycles. The molecule has 0 bridgehead atoms. The lowest BCUT2D eigenvalue weighted by Gasteiger charge is -2.41. The molecule has 13 heavy (non-hydrogen) atoms. The van der Waals surface area contributed by atoms with Gasteiger partial charge < -0.3 is 15.2 Å². The topological polar surface area (TPSA) is 41.5 Å². The molecule has 0 aliphatic carbocycles. The van der Waals surface area contributed by atoms with Gasteiger partial charge in [0.15, 0.2) is 0 Å². The van der Waals surface area contributed by atoms with Gasteiger partial charge in [0.1, 0.15) is 5.60 Å². The quantitative estimate of drug-likeness (QED) is 0.631. The van der Waals surface area contributed by atoms with Crippen molar-refractivity contribution in [2.75, 3.05) is 19.8 Å². The molecular formula is C10H19NO2. The van der Waals surface area contributed by atoms with E-state index in [0.29, 0.717) is 6.61 Å². The van der Waals surface area contributed by atoms with Crippen LogP contribution >= 0.6 is 0 Å². The second-order valence-corrected chi connectivity index (χ2v) is 4.26. The van der Waals surface area contributed by atoms with E-state index in [2.05, 4.69) is 5.32 Å². The number of ether oxygens (including phenoxy) is 1. The first-order valence-corrected chi connectivity index (χ1v) is 5.35. The molecule has 0 amide bonds. The molecule has 0 aromatic rings. The number of hydrogen-bond donors (Lipinski definition) is 2. The molecule has 0 radical (unpaired) electrons. The van der Waals surface area contributed by atoms with Gasteiger partial charge in [-0.2, -0.15) is 0 Å². The highest BCUT2D eigenvalue weighted by atomic mass is 16.5. The van der Waals surface area contributed by atoms with Crippen LogP contribution in [-0.4, -0.2) is 36.5 Å². The van der Waals surface area contributed by atoms with Crippen molar-refractivity contribution in [1.29, 1.82) is 0 Å². The Hall–Kier alpha value is -0.120. The lowest BCUT2D eigenvalue weighted by Crippen LogP contribution is -2.56. The summed E-state index contributed by atoms with van der Waals surface area (Å²) in [6, 6.07) is 0.265. The summed E-state index contributed by atoms with van der Waals surface area (Å²) in [6.45, 7) is 2.38. The van der Waals surface area contributed by atoms with Gasteiger partial charge in [-0.3, -0.25) is 0 Å². The first kappa shape index (κ1) is 9.44. The number of piperidine rings is 1. The maximum Gasteiger partial charge on any atom is 0.103 e. The summed E-state index contributed by atoms with van der Waals surface area (Å²) in [5.41, 5.74) is -0.585. The molecule has 3 nitrogen and oxygen atoms in total. The van der Waals surface area contributed by atoms with Crippen LogP contribution in [0.3, 0.4) is 0 Å². The van der Waals surface area contributed by atoms with E-state index in [1.165, 1.54) is 12.8 Å². The summed E-state index contributed by atoms with van der Waals surface area (Å²) < 4.78 is 5.35. The van der Waals surface area contributed by atoms with Crippen LogP contribution in [0.15, 0.2) is 0 Å². The normalized spacial score (nSPS) is 41.8. The third kappa shape index (κ3) is 2.03. The fraction of sp³-hybridized carbons (Fsp3) is 1.00. The van der Waals surface area contributed by atoms with Crippen molar-refractivity contribution < 1.29 is 9.84 Å². The molecule has 2 N–H and O–H groups in total. The maximum atomic E-state index is 10.3. The highest BCUT2D eigenvalue weighted by Crippen LogP contribution is 2.27. The van der Waals surface area contributed by atoms with Crippen molar-refractivity contribution in [3.05, 3.63) is 0 Å². The summed E-state index contributed by atoms with van der Waals surface area (Å²) in [4.78, 5) is 0. The Labute approximate surface area is 79.5 Å². The summed E-state index contributed by atoms with van der Waals surface area (Å²) in [7, 11) is 0. The molecule has 2 aliphatic heterocycles.